The van der Waals surface area contributed by atoms with Gasteiger partial charge in [-0.1, -0.05) is 72.8 Å². The summed E-state index contributed by atoms with van der Waals surface area (Å²) in [6, 6.07) is 43.1. The zero-order valence-electron chi connectivity index (χ0n) is 22.4. The molecule has 0 radical (unpaired) electrons. The molecule has 41 heavy (non-hydrogen) atoms. The van der Waals surface area contributed by atoms with Crippen molar-refractivity contribution in [3.63, 3.8) is 0 Å². The predicted octanol–water partition coefficient (Wildman–Crippen LogP) is 1.83. The molecule has 5 aromatic rings. The zero-order valence-corrected chi connectivity index (χ0v) is 24.0. The number of aromatic nitrogens is 1. The van der Waals surface area contributed by atoms with E-state index in [1.54, 1.807) is 0 Å². The maximum atomic E-state index is 8.60. The molecule has 0 spiro atoms. The molecule has 2 heterocycles. The van der Waals surface area contributed by atoms with E-state index in [9.17, 15) is 0 Å². The number of hydrogen-bond acceptors (Lipinski definition) is 7. The van der Waals surface area contributed by atoms with E-state index in [0.717, 1.165) is 30.0 Å². The third kappa shape index (κ3) is 6.68. The molecule has 0 amide bonds. The van der Waals surface area contributed by atoms with Crippen molar-refractivity contribution in [3.8, 4) is 11.5 Å². The average molecular weight is 590 g/mol. The van der Waals surface area contributed by atoms with Gasteiger partial charge in [0.2, 0.25) is 5.89 Å². The number of oxazole rings is 1. The molecule has 0 saturated carbocycles. The number of hydrogen-bond donors (Lipinski definition) is 1. The Balaban J connectivity index is 0.000000623. The average Bonchev–Trinajstić information content (AvgIpc) is 3.45. The minimum absolute atomic E-state index is 0.693. The molecular formula is C32H31ClN2O5P+. The summed E-state index contributed by atoms with van der Waals surface area (Å²) in [6.07, 6.45) is 3.62. The Labute approximate surface area is 242 Å². The van der Waals surface area contributed by atoms with Gasteiger partial charge < -0.3 is 9.32 Å². The summed E-state index contributed by atoms with van der Waals surface area (Å²) < 4.78 is 39.5. The van der Waals surface area contributed by atoms with E-state index in [1.807, 2.05) is 18.2 Å². The smallest absolute Gasteiger partial charge is 0.262 e. The number of nitrogens with zero attached hydrogens (tertiary/aromatic N) is 2. The van der Waals surface area contributed by atoms with Crippen molar-refractivity contribution in [1.29, 1.82) is 0 Å². The van der Waals surface area contributed by atoms with Crippen molar-refractivity contribution in [2.24, 2.45) is 0 Å². The fraction of sp³-hybridized carbons (Fsp3) is 0.156. The van der Waals surface area contributed by atoms with Gasteiger partial charge in [0.25, 0.3) is 11.3 Å². The standard InChI is InChI=1S/C32H30N2OP.ClHO4/c1-6-16-26(17-7-1)30-33-31(32(35-30)34-24-14-5-15-25-34)36(27-18-8-2-9-19-27,28-20-10-3-11-21-28)29-22-12-4-13-23-29;2-1(3,4)5/h1-4,6-13,16-23H,5,14-15,24-25H2;(H,2,3,4,5)/q+1;. The van der Waals surface area contributed by atoms with Gasteiger partial charge in [-0.3, -0.25) is 0 Å². The molecule has 1 N–H and O–H groups in total. The number of piperidine rings is 1. The minimum atomic E-state index is -4.69. The van der Waals surface area contributed by atoms with E-state index in [-0.39, 0.29) is 0 Å². The molecule has 7 nitrogen and oxygen atoms in total. The topological polar surface area (TPSA) is 119 Å². The number of anilines is 1. The van der Waals surface area contributed by atoms with E-state index < -0.39 is 17.5 Å². The van der Waals surface area contributed by atoms with Crippen LogP contribution in [0.5, 0.6) is 0 Å². The van der Waals surface area contributed by atoms with Crippen LogP contribution in [0.15, 0.2) is 126 Å². The first-order chi connectivity index (χ1) is 19.9. The quantitative estimate of drug-likeness (QED) is 0.300. The molecule has 1 aromatic heterocycles. The first-order valence-electron chi connectivity index (χ1n) is 13.4. The van der Waals surface area contributed by atoms with Crippen LogP contribution in [-0.2, 0) is 0 Å². The van der Waals surface area contributed by atoms with Gasteiger partial charge in [0, 0.05) is 18.7 Å². The van der Waals surface area contributed by atoms with E-state index in [2.05, 4.69) is 108 Å². The highest BCUT2D eigenvalue weighted by atomic mass is 35.7. The highest BCUT2D eigenvalue weighted by Crippen LogP contribution is 2.56. The van der Waals surface area contributed by atoms with Crippen molar-refractivity contribution < 1.29 is 33.3 Å². The second kappa shape index (κ2) is 13.0. The minimum Gasteiger partial charge on any atom is -0.416 e. The Morgan fingerprint density at radius 2 is 1.02 bits per heavy atom. The van der Waals surface area contributed by atoms with Crippen LogP contribution in [-0.4, -0.2) is 22.7 Å². The second-order valence-electron chi connectivity index (χ2n) is 9.63. The van der Waals surface area contributed by atoms with Crippen LogP contribution in [0.2, 0.25) is 0 Å². The molecule has 9 heteroatoms. The predicted molar refractivity (Wildman–Crippen MR) is 155 cm³/mol. The van der Waals surface area contributed by atoms with Gasteiger partial charge in [0.05, 0.1) is 14.9 Å². The summed E-state index contributed by atoms with van der Waals surface area (Å²) in [5, 5.41) is 3.86. The third-order valence-electron chi connectivity index (χ3n) is 7.00. The van der Waals surface area contributed by atoms with Gasteiger partial charge in [-0.05, 0) is 67.8 Å². The lowest BCUT2D eigenvalue weighted by Crippen LogP contribution is -2.58. The molecule has 1 aliphatic heterocycles. The molecule has 1 aliphatic rings. The van der Waals surface area contributed by atoms with Crippen LogP contribution in [0.25, 0.3) is 11.5 Å². The van der Waals surface area contributed by atoms with Crippen molar-refractivity contribution in [1.82, 2.24) is 4.98 Å². The lowest BCUT2D eigenvalue weighted by molar-refractivity contribution is -1.92. The Morgan fingerprint density at radius 3 is 1.44 bits per heavy atom. The maximum Gasteiger partial charge on any atom is 0.262 e. The molecule has 0 atom stereocenters. The monoisotopic (exact) mass is 589 g/mol. The Bertz CT molecular complexity index is 1410. The van der Waals surface area contributed by atoms with E-state index >= 15 is 0 Å². The molecule has 0 unspecified atom stereocenters. The van der Waals surface area contributed by atoms with Crippen LogP contribution in [0.4, 0.5) is 5.88 Å². The molecule has 1 saturated heterocycles. The van der Waals surface area contributed by atoms with Gasteiger partial charge in [-0.25, -0.2) is 0 Å². The zero-order chi connectivity index (χ0) is 28.7. The molecule has 0 bridgehead atoms. The number of rotatable bonds is 6. The maximum absolute atomic E-state index is 8.60. The fourth-order valence-electron chi connectivity index (χ4n) is 5.30. The molecule has 210 valence electrons. The SMILES string of the molecule is [O-][Cl+3]([O-])([O-])O.c1ccc(-c2nc([P+](c3ccccc3)(c3ccccc3)c3ccccc3)c(N3CCCCC3)o2)cc1. The molecule has 4 aromatic carbocycles. The van der Waals surface area contributed by atoms with Gasteiger partial charge in [0.1, 0.15) is 15.9 Å². The van der Waals surface area contributed by atoms with Gasteiger partial charge in [-0.2, -0.15) is 19.0 Å². The van der Waals surface area contributed by atoms with E-state index in [0.29, 0.717) is 5.89 Å². The summed E-state index contributed by atoms with van der Waals surface area (Å²) in [4.78, 5) is 7.83. The molecule has 1 fully saturated rings. The Kier molecular flexibility index (Phi) is 9.15. The number of benzene rings is 4. The van der Waals surface area contributed by atoms with Crippen LogP contribution >= 0.6 is 7.26 Å². The normalized spacial score (nSPS) is 13.8. The van der Waals surface area contributed by atoms with E-state index in [4.69, 9.17) is 28.0 Å². The fourth-order valence-corrected chi connectivity index (χ4v) is 9.50. The summed E-state index contributed by atoms with van der Waals surface area (Å²) >= 11 is 0. The summed E-state index contributed by atoms with van der Waals surface area (Å²) in [7, 11) is -7.05. The van der Waals surface area contributed by atoms with Gasteiger partial charge in [-0.15, -0.1) is 0 Å². The van der Waals surface area contributed by atoms with Crippen LogP contribution < -0.4 is 40.2 Å². The summed E-state index contributed by atoms with van der Waals surface area (Å²) in [5.74, 6) is 1.62. The molecular weight excluding hydrogens is 559 g/mol. The largest absolute Gasteiger partial charge is 0.416 e. The van der Waals surface area contributed by atoms with Crippen molar-refractivity contribution >= 4 is 34.5 Å². The first kappa shape index (κ1) is 29.0. The third-order valence-corrected chi connectivity index (χ3v) is 11.1. The van der Waals surface area contributed by atoms with E-state index in [1.165, 1.54) is 35.2 Å². The lowest BCUT2D eigenvalue weighted by atomic mass is 10.1. The first-order valence-corrected chi connectivity index (χ1v) is 16.4. The molecule has 6 rings (SSSR count). The highest BCUT2D eigenvalue weighted by molar-refractivity contribution is 8.01. The Morgan fingerprint density at radius 1 is 0.634 bits per heavy atom. The van der Waals surface area contributed by atoms with Crippen LogP contribution in [0, 0.1) is 10.2 Å². The van der Waals surface area contributed by atoms with Crippen molar-refractivity contribution in [3.05, 3.63) is 121 Å². The van der Waals surface area contributed by atoms with Crippen LogP contribution in [0.1, 0.15) is 19.3 Å². The Hall–Kier alpha value is -3.55. The van der Waals surface area contributed by atoms with Crippen molar-refractivity contribution in [2.45, 2.75) is 19.3 Å². The summed E-state index contributed by atoms with van der Waals surface area (Å²) in [6.45, 7) is 1.99. The summed E-state index contributed by atoms with van der Waals surface area (Å²) in [5.41, 5.74) is 2.07. The van der Waals surface area contributed by atoms with Gasteiger partial charge >= 0.3 is 0 Å². The highest BCUT2D eigenvalue weighted by Gasteiger charge is 2.53. The van der Waals surface area contributed by atoms with Crippen LogP contribution in [0.3, 0.4) is 0 Å². The second-order valence-corrected chi connectivity index (χ2v) is 13.7. The van der Waals surface area contributed by atoms with Gasteiger partial charge in [0.15, 0.2) is 7.26 Å². The lowest BCUT2D eigenvalue weighted by Gasteiger charge is -2.30. The number of halogens is 1. The van der Waals surface area contributed by atoms with Crippen molar-refractivity contribution in [2.75, 3.05) is 18.0 Å². The molecule has 0 aliphatic carbocycles.